The highest BCUT2D eigenvalue weighted by Gasteiger charge is 2.26. The van der Waals surface area contributed by atoms with Crippen molar-refractivity contribution in [3.8, 4) is 11.8 Å². The molecule has 0 aliphatic carbocycles. The highest BCUT2D eigenvalue weighted by atomic mass is 19.3. The van der Waals surface area contributed by atoms with Crippen molar-refractivity contribution in [3.63, 3.8) is 0 Å². The summed E-state index contributed by atoms with van der Waals surface area (Å²) in [4.78, 5) is 12.9. The Balaban J connectivity index is 3.51. The van der Waals surface area contributed by atoms with Crippen molar-refractivity contribution in [1.82, 2.24) is 4.98 Å². The van der Waals surface area contributed by atoms with Gasteiger partial charge in [0.15, 0.2) is 0 Å². The van der Waals surface area contributed by atoms with Crippen LogP contribution in [0, 0.1) is 21.4 Å². The fraction of sp³-hybridized carbons (Fsp3) is 0.250. The zero-order valence-electron chi connectivity index (χ0n) is 7.98. The summed E-state index contributed by atoms with van der Waals surface area (Å²) in [6.45, 7) is 0. The van der Waals surface area contributed by atoms with E-state index in [9.17, 15) is 18.9 Å². The van der Waals surface area contributed by atoms with Gasteiger partial charge >= 0.3 is 5.69 Å². The molecule has 0 aliphatic heterocycles. The van der Waals surface area contributed by atoms with Crippen LogP contribution in [0.3, 0.4) is 0 Å². The number of ether oxygens (including phenoxy) is 1. The molecule has 1 aromatic heterocycles. The van der Waals surface area contributed by atoms with Crippen molar-refractivity contribution in [1.29, 1.82) is 5.26 Å². The number of nitriles is 1. The van der Waals surface area contributed by atoms with Crippen LogP contribution in [0.4, 0.5) is 14.5 Å². The SMILES string of the molecule is COc1cc(C(F)F)nc(C#N)c1[N+](=O)[O-]. The van der Waals surface area contributed by atoms with E-state index in [1.807, 2.05) is 0 Å². The van der Waals surface area contributed by atoms with E-state index in [0.29, 0.717) is 0 Å². The first-order valence-electron chi connectivity index (χ1n) is 3.92. The van der Waals surface area contributed by atoms with Gasteiger partial charge in [0.05, 0.1) is 12.0 Å². The Morgan fingerprint density at radius 3 is 2.69 bits per heavy atom. The summed E-state index contributed by atoms with van der Waals surface area (Å²) in [6, 6.07) is 2.12. The van der Waals surface area contributed by atoms with Crippen LogP contribution in [0.15, 0.2) is 6.07 Å². The van der Waals surface area contributed by atoms with Crippen LogP contribution in [-0.4, -0.2) is 17.0 Å². The van der Waals surface area contributed by atoms with Gasteiger partial charge in [-0.2, -0.15) is 5.26 Å². The summed E-state index contributed by atoms with van der Waals surface area (Å²) in [7, 11) is 1.08. The van der Waals surface area contributed by atoms with Crippen molar-refractivity contribution in [2.75, 3.05) is 7.11 Å². The Kier molecular flexibility index (Phi) is 3.30. The van der Waals surface area contributed by atoms with E-state index in [1.165, 1.54) is 6.07 Å². The predicted octanol–water partition coefficient (Wildman–Crippen LogP) is 1.81. The molecule has 0 unspecified atom stereocenters. The maximum atomic E-state index is 12.3. The number of methoxy groups -OCH3 is 1. The molecule has 0 bridgehead atoms. The average molecular weight is 229 g/mol. The maximum Gasteiger partial charge on any atom is 0.347 e. The zero-order chi connectivity index (χ0) is 12.3. The van der Waals surface area contributed by atoms with Gasteiger partial charge in [-0.05, 0) is 0 Å². The molecule has 0 saturated heterocycles. The monoisotopic (exact) mass is 229 g/mol. The number of rotatable bonds is 3. The highest BCUT2D eigenvalue weighted by molar-refractivity contribution is 5.55. The van der Waals surface area contributed by atoms with Gasteiger partial charge in [0.25, 0.3) is 6.43 Å². The first kappa shape index (κ1) is 11.8. The van der Waals surface area contributed by atoms with E-state index in [2.05, 4.69) is 9.72 Å². The van der Waals surface area contributed by atoms with E-state index in [1.54, 1.807) is 0 Å². The summed E-state index contributed by atoms with van der Waals surface area (Å²) < 4.78 is 29.2. The summed E-state index contributed by atoms with van der Waals surface area (Å²) in [5, 5.41) is 19.2. The van der Waals surface area contributed by atoms with E-state index in [-0.39, 0.29) is 0 Å². The van der Waals surface area contributed by atoms with Crippen molar-refractivity contribution < 1.29 is 18.4 Å². The third kappa shape index (κ3) is 2.03. The van der Waals surface area contributed by atoms with Crippen LogP contribution in [0.1, 0.15) is 17.8 Å². The molecule has 1 aromatic rings. The number of halogens is 2. The molecule has 0 saturated carbocycles. The average Bonchev–Trinajstić information content (AvgIpc) is 2.26. The van der Waals surface area contributed by atoms with E-state index in [4.69, 9.17) is 5.26 Å². The molecule has 0 aliphatic rings. The van der Waals surface area contributed by atoms with Crippen molar-refractivity contribution in [3.05, 3.63) is 27.6 Å². The van der Waals surface area contributed by atoms with E-state index >= 15 is 0 Å². The molecule has 1 heterocycles. The molecule has 0 N–H and O–H groups in total. The molecule has 8 heteroatoms. The normalized spacial score (nSPS) is 9.94. The predicted molar refractivity (Wildman–Crippen MR) is 47.1 cm³/mol. The van der Waals surface area contributed by atoms with Crippen LogP contribution in [0.25, 0.3) is 0 Å². The summed E-state index contributed by atoms with van der Waals surface area (Å²) in [6.07, 6.45) is -2.93. The third-order valence-electron chi connectivity index (χ3n) is 1.71. The number of nitrogens with zero attached hydrogens (tertiary/aromatic N) is 3. The largest absolute Gasteiger partial charge is 0.490 e. The van der Waals surface area contributed by atoms with E-state index < -0.39 is 34.2 Å². The molecule has 0 atom stereocenters. The van der Waals surface area contributed by atoms with Crippen LogP contribution >= 0.6 is 0 Å². The quantitative estimate of drug-likeness (QED) is 0.582. The number of pyridine rings is 1. The molecule has 0 amide bonds. The molecule has 84 valence electrons. The lowest BCUT2D eigenvalue weighted by atomic mass is 10.2. The van der Waals surface area contributed by atoms with Crippen LogP contribution in [-0.2, 0) is 0 Å². The third-order valence-corrected chi connectivity index (χ3v) is 1.71. The minimum Gasteiger partial charge on any atom is -0.490 e. The number of hydrogen-bond acceptors (Lipinski definition) is 5. The molecule has 0 fully saturated rings. The summed E-state index contributed by atoms with van der Waals surface area (Å²) in [5.41, 5.74) is -2.15. The van der Waals surface area contributed by atoms with Crippen LogP contribution < -0.4 is 4.74 Å². The van der Waals surface area contributed by atoms with Crippen molar-refractivity contribution >= 4 is 5.69 Å². The van der Waals surface area contributed by atoms with E-state index in [0.717, 1.165) is 13.2 Å². The second-order valence-electron chi connectivity index (χ2n) is 2.62. The lowest BCUT2D eigenvalue weighted by molar-refractivity contribution is -0.386. The molecule has 6 nitrogen and oxygen atoms in total. The highest BCUT2D eigenvalue weighted by Crippen LogP contribution is 2.32. The second kappa shape index (κ2) is 4.48. The zero-order valence-corrected chi connectivity index (χ0v) is 7.98. The van der Waals surface area contributed by atoms with Crippen molar-refractivity contribution in [2.45, 2.75) is 6.43 Å². The first-order valence-corrected chi connectivity index (χ1v) is 3.92. The summed E-state index contributed by atoms with van der Waals surface area (Å²) in [5.74, 6) is -0.410. The molecule has 0 radical (unpaired) electrons. The number of nitro groups is 1. The number of hydrogen-bond donors (Lipinski definition) is 0. The Morgan fingerprint density at radius 1 is 1.69 bits per heavy atom. The van der Waals surface area contributed by atoms with Gasteiger partial charge in [0, 0.05) is 6.07 Å². The van der Waals surface area contributed by atoms with Gasteiger partial charge in [-0.1, -0.05) is 0 Å². The lowest BCUT2D eigenvalue weighted by Crippen LogP contribution is -2.02. The molecule has 16 heavy (non-hydrogen) atoms. The summed E-state index contributed by atoms with van der Waals surface area (Å²) >= 11 is 0. The fourth-order valence-electron chi connectivity index (χ4n) is 1.06. The van der Waals surface area contributed by atoms with Crippen LogP contribution in [0.5, 0.6) is 5.75 Å². The van der Waals surface area contributed by atoms with Gasteiger partial charge in [-0.3, -0.25) is 10.1 Å². The van der Waals surface area contributed by atoms with Gasteiger partial charge < -0.3 is 4.74 Å². The van der Waals surface area contributed by atoms with Gasteiger partial charge in [-0.25, -0.2) is 13.8 Å². The standard InChI is InChI=1S/C8H5F2N3O3/c1-16-6-2-4(8(9)10)12-5(3-11)7(6)13(14)15/h2,8H,1H3. The minimum absolute atomic E-state index is 0.410. The molecular weight excluding hydrogens is 224 g/mol. The number of aromatic nitrogens is 1. The fourth-order valence-corrected chi connectivity index (χ4v) is 1.06. The molecule has 0 aromatic carbocycles. The molecule has 1 rings (SSSR count). The Hall–Kier alpha value is -2.30. The Morgan fingerprint density at radius 2 is 2.31 bits per heavy atom. The van der Waals surface area contributed by atoms with Gasteiger partial charge in [-0.15, -0.1) is 0 Å². The smallest absolute Gasteiger partial charge is 0.347 e. The van der Waals surface area contributed by atoms with Gasteiger partial charge in [0.2, 0.25) is 11.4 Å². The maximum absolute atomic E-state index is 12.3. The van der Waals surface area contributed by atoms with Gasteiger partial charge in [0.1, 0.15) is 11.8 Å². The molecular formula is C8H5F2N3O3. The van der Waals surface area contributed by atoms with Crippen molar-refractivity contribution in [2.24, 2.45) is 0 Å². The first-order chi connectivity index (χ1) is 7.51. The Labute approximate surface area is 88.2 Å². The Bertz CT molecular complexity index is 470. The topological polar surface area (TPSA) is 89.0 Å². The number of alkyl halides is 2. The van der Waals surface area contributed by atoms with Crippen LogP contribution in [0.2, 0.25) is 0 Å². The lowest BCUT2D eigenvalue weighted by Gasteiger charge is -2.05. The second-order valence-corrected chi connectivity index (χ2v) is 2.62. The minimum atomic E-state index is -2.93. The molecule has 0 spiro atoms.